The molecule has 0 amide bonds. The molecule has 20 heavy (non-hydrogen) atoms. The summed E-state index contributed by atoms with van der Waals surface area (Å²) in [4.78, 5) is 4.53. The van der Waals surface area contributed by atoms with E-state index in [1.165, 1.54) is 0 Å². The Kier molecular flexibility index (Phi) is 3.95. The lowest BCUT2D eigenvalue weighted by atomic mass is 10.1. The summed E-state index contributed by atoms with van der Waals surface area (Å²) in [6.07, 6.45) is 1.96. The second kappa shape index (κ2) is 6.03. The number of ether oxygens (including phenoxy) is 2. The van der Waals surface area contributed by atoms with Crippen molar-refractivity contribution in [2.45, 2.75) is 6.10 Å². The number of pyridine rings is 1. The SMILES string of the molecule is COc1ccc(-c2ccc(C3CNCCO3)nc2)cc1. The molecule has 4 nitrogen and oxygen atoms in total. The van der Waals surface area contributed by atoms with Crippen molar-refractivity contribution in [3.63, 3.8) is 0 Å². The summed E-state index contributed by atoms with van der Waals surface area (Å²) >= 11 is 0. The lowest BCUT2D eigenvalue weighted by molar-refractivity contribution is 0.0250. The molecule has 1 aromatic heterocycles. The Labute approximate surface area is 118 Å². The zero-order chi connectivity index (χ0) is 13.8. The Morgan fingerprint density at radius 3 is 2.55 bits per heavy atom. The van der Waals surface area contributed by atoms with E-state index in [9.17, 15) is 0 Å². The molecule has 2 aromatic rings. The molecule has 0 aliphatic carbocycles. The van der Waals surface area contributed by atoms with Crippen molar-refractivity contribution >= 4 is 0 Å². The first-order valence-electron chi connectivity index (χ1n) is 6.79. The van der Waals surface area contributed by atoms with E-state index in [2.05, 4.69) is 16.4 Å². The monoisotopic (exact) mass is 270 g/mol. The first-order chi connectivity index (χ1) is 9.86. The molecule has 0 radical (unpaired) electrons. The third kappa shape index (κ3) is 2.81. The third-order valence-electron chi connectivity index (χ3n) is 3.47. The Morgan fingerprint density at radius 2 is 1.95 bits per heavy atom. The topological polar surface area (TPSA) is 43.4 Å². The average molecular weight is 270 g/mol. The Bertz CT molecular complexity index is 546. The van der Waals surface area contributed by atoms with Crippen molar-refractivity contribution in [2.24, 2.45) is 0 Å². The highest BCUT2D eigenvalue weighted by atomic mass is 16.5. The molecule has 0 saturated carbocycles. The fraction of sp³-hybridized carbons (Fsp3) is 0.312. The Hall–Kier alpha value is -1.91. The van der Waals surface area contributed by atoms with Crippen LogP contribution in [-0.4, -0.2) is 31.8 Å². The number of methoxy groups -OCH3 is 1. The minimum atomic E-state index is 0.0636. The molecule has 1 aliphatic rings. The van der Waals surface area contributed by atoms with Gasteiger partial charge in [0.2, 0.25) is 0 Å². The number of morpholine rings is 1. The van der Waals surface area contributed by atoms with Gasteiger partial charge in [0.25, 0.3) is 0 Å². The summed E-state index contributed by atoms with van der Waals surface area (Å²) in [6, 6.07) is 12.1. The van der Waals surface area contributed by atoms with Crippen LogP contribution in [0.3, 0.4) is 0 Å². The lowest BCUT2D eigenvalue weighted by Crippen LogP contribution is -2.33. The second-order valence-corrected chi connectivity index (χ2v) is 4.76. The molecule has 1 atom stereocenters. The van der Waals surface area contributed by atoms with E-state index >= 15 is 0 Å². The summed E-state index contributed by atoms with van der Waals surface area (Å²) in [5, 5.41) is 3.31. The maximum atomic E-state index is 5.70. The minimum Gasteiger partial charge on any atom is -0.497 e. The van der Waals surface area contributed by atoms with Crippen LogP contribution in [0.15, 0.2) is 42.6 Å². The fourth-order valence-corrected chi connectivity index (χ4v) is 2.31. The molecule has 0 spiro atoms. The predicted octanol–water partition coefficient (Wildman–Crippen LogP) is 2.42. The average Bonchev–Trinajstić information content (AvgIpc) is 2.56. The van der Waals surface area contributed by atoms with E-state index in [-0.39, 0.29) is 6.10 Å². The van der Waals surface area contributed by atoms with Crippen LogP contribution in [-0.2, 0) is 4.74 Å². The van der Waals surface area contributed by atoms with Crippen LogP contribution in [0.25, 0.3) is 11.1 Å². The van der Waals surface area contributed by atoms with Crippen molar-refractivity contribution in [2.75, 3.05) is 26.8 Å². The highest BCUT2D eigenvalue weighted by Crippen LogP contribution is 2.23. The molecule has 1 unspecified atom stereocenters. The molecule has 1 aromatic carbocycles. The van der Waals surface area contributed by atoms with Crippen LogP contribution < -0.4 is 10.1 Å². The molecule has 1 fully saturated rings. The molecule has 2 heterocycles. The van der Waals surface area contributed by atoms with Crippen LogP contribution >= 0.6 is 0 Å². The van der Waals surface area contributed by atoms with Gasteiger partial charge in [-0.15, -0.1) is 0 Å². The maximum absolute atomic E-state index is 5.70. The van der Waals surface area contributed by atoms with Gasteiger partial charge < -0.3 is 14.8 Å². The summed E-state index contributed by atoms with van der Waals surface area (Å²) < 4.78 is 10.9. The minimum absolute atomic E-state index is 0.0636. The fourth-order valence-electron chi connectivity index (χ4n) is 2.31. The van der Waals surface area contributed by atoms with Crippen LogP contribution in [0.5, 0.6) is 5.75 Å². The maximum Gasteiger partial charge on any atom is 0.118 e. The van der Waals surface area contributed by atoms with Gasteiger partial charge in [-0.05, 0) is 23.8 Å². The standard InChI is InChI=1S/C16H18N2O2/c1-19-14-5-2-12(3-6-14)13-4-7-15(18-10-13)16-11-17-8-9-20-16/h2-7,10,16-17H,8-9,11H2,1H3. The van der Waals surface area contributed by atoms with Crippen molar-refractivity contribution in [1.82, 2.24) is 10.3 Å². The van der Waals surface area contributed by atoms with Crippen LogP contribution in [0.4, 0.5) is 0 Å². The van der Waals surface area contributed by atoms with Gasteiger partial charge in [0, 0.05) is 24.8 Å². The van der Waals surface area contributed by atoms with Gasteiger partial charge in [-0.3, -0.25) is 4.98 Å². The van der Waals surface area contributed by atoms with Gasteiger partial charge in [0.05, 0.1) is 19.4 Å². The van der Waals surface area contributed by atoms with Crippen LogP contribution in [0.1, 0.15) is 11.8 Å². The van der Waals surface area contributed by atoms with E-state index in [0.717, 1.165) is 42.3 Å². The molecule has 1 N–H and O–H groups in total. The second-order valence-electron chi connectivity index (χ2n) is 4.76. The molecule has 104 valence electrons. The molecule has 0 bridgehead atoms. The smallest absolute Gasteiger partial charge is 0.118 e. The largest absolute Gasteiger partial charge is 0.497 e. The summed E-state index contributed by atoms with van der Waals surface area (Å²) in [5.74, 6) is 0.861. The number of nitrogens with one attached hydrogen (secondary N) is 1. The number of aromatic nitrogens is 1. The van der Waals surface area contributed by atoms with Crippen LogP contribution in [0.2, 0.25) is 0 Å². The van der Waals surface area contributed by atoms with E-state index in [4.69, 9.17) is 9.47 Å². The van der Waals surface area contributed by atoms with Gasteiger partial charge in [-0.25, -0.2) is 0 Å². The quantitative estimate of drug-likeness (QED) is 0.930. The summed E-state index contributed by atoms with van der Waals surface area (Å²) in [7, 11) is 1.67. The van der Waals surface area contributed by atoms with Gasteiger partial charge in [-0.2, -0.15) is 0 Å². The van der Waals surface area contributed by atoms with Crippen molar-refractivity contribution < 1.29 is 9.47 Å². The highest BCUT2D eigenvalue weighted by Gasteiger charge is 2.16. The molecular weight excluding hydrogens is 252 g/mol. The number of nitrogens with zero attached hydrogens (tertiary/aromatic N) is 1. The van der Waals surface area contributed by atoms with Gasteiger partial charge in [0.15, 0.2) is 0 Å². The number of benzene rings is 1. The van der Waals surface area contributed by atoms with Crippen molar-refractivity contribution in [3.8, 4) is 16.9 Å². The summed E-state index contributed by atoms with van der Waals surface area (Å²) in [6.45, 7) is 2.49. The van der Waals surface area contributed by atoms with E-state index in [0.29, 0.717) is 0 Å². The zero-order valence-corrected chi connectivity index (χ0v) is 11.5. The summed E-state index contributed by atoms with van der Waals surface area (Å²) in [5.41, 5.74) is 3.21. The van der Waals surface area contributed by atoms with Crippen molar-refractivity contribution in [1.29, 1.82) is 0 Å². The molecule has 1 aliphatic heterocycles. The number of hydrogen-bond acceptors (Lipinski definition) is 4. The molecule has 4 heteroatoms. The number of rotatable bonds is 3. The van der Waals surface area contributed by atoms with Crippen molar-refractivity contribution in [3.05, 3.63) is 48.3 Å². The van der Waals surface area contributed by atoms with Gasteiger partial charge >= 0.3 is 0 Å². The highest BCUT2D eigenvalue weighted by molar-refractivity contribution is 5.63. The van der Waals surface area contributed by atoms with E-state index < -0.39 is 0 Å². The third-order valence-corrected chi connectivity index (χ3v) is 3.47. The normalized spacial score (nSPS) is 18.8. The zero-order valence-electron chi connectivity index (χ0n) is 11.5. The first-order valence-corrected chi connectivity index (χ1v) is 6.79. The number of hydrogen-bond donors (Lipinski definition) is 1. The van der Waals surface area contributed by atoms with Gasteiger partial charge in [-0.1, -0.05) is 18.2 Å². The lowest BCUT2D eigenvalue weighted by Gasteiger charge is -2.23. The predicted molar refractivity (Wildman–Crippen MR) is 77.8 cm³/mol. The van der Waals surface area contributed by atoms with E-state index in [1.54, 1.807) is 7.11 Å². The molecule has 1 saturated heterocycles. The Morgan fingerprint density at radius 1 is 1.15 bits per heavy atom. The molecule has 3 rings (SSSR count). The van der Waals surface area contributed by atoms with E-state index in [1.807, 2.05) is 36.5 Å². The van der Waals surface area contributed by atoms with Gasteiger partial charge in [0.1, 0.15) is 11.9 Å². The Balaban J connectivity index is 1.77. The van der Waals surface area contributed by atoms with Crippen LogP contribution in [0, 0.1) is 0 Å². The molecular formula is C16H18N2O2. The first kappa shape index (κ1) is 13.1.